The van der Waals surface area contributed by atoms with E-state index in [0.717, 1.165) is 44.1 Å². The molecule has 9 nitrogen and oxygen atoms in total. The summed E-state index contributed by atoms with van der Waals surface area (Å²) in [6.07, 6.45) is 2.22. The maximum atomic E-state index is 15.5. The molecule has 3 aliphatic rings. The maximum Gasteiger partial charge on any atom is 0.237 e. The second kappa shape index (κ2) is 9.38. The molecule has 0 unspecified atom stereocenters. The van der Waals surface area contributed by atoms with Gasteiger partial charge in [-0.3, -0.25) is 14.8 Å². The van der Waals surface area contributed by atoms with Crippen LogP contribution in [0.15, 0.2) is 24.3 Å². The molecule has 2 saturated heterocycles. The molecule has 0 radical (unpaired) electrons. The number of ether oxygens (including phenoxy) is 1. The topological polar surface area (TPSA) is 110 Å². The summed E-state index contributed by atoms with van der Waals surface area (Å²) in [6.45, 7) is 6.72. The zero-order valence-corrected chi connectivity index (χ0v) is 22.2. The Morgan fingerprint density at radius 2 is 2.05 bits per heavy atom. The Balaban J connectivity index is 1.11. The average molecular weight is 549 g/mol. The summed E-state index contributed by atoms with van der Waals surface area (Å²) in [5, 5.41) is 17.3. The number of carbonyl (C=O) groups excluding carboxylic acids is 1. The van der Waals surface area contributed by atoms with Crippen molar-refractivity contribution in [2.45, 2.75) is 32.7 Å². The quantitative estimate of drug-likeness (QED) is 0.350. The Morgan fingerprint density at radius 1 is 1.20 bits per heavy atom. The Kier molecular flexibility index (Phi) is 5.90. The van der Waals surface area contributed by atoms with Crippen LogP contribution in [0.2, 0.25) is 0 Å². The number of H-pyrrole nitrogens is 2. The van der Waals surface area contributed by atoms with Crippen LogP contribution in [0.4, 0.5) is 8.78 Å². The van der Waals surface area contributed by atoms with Crippen molar-refractivity contribution in [2.24, 2.45) is 5.41 Å². The third kappa shape index (κ3) is 4.15. The third-order valence-electron chi connectivity index (χ3n) is 8.55. The fourth-order valence-corrected chi connectivity index (χ4v) is 6.42. The lowest BCUT2D eigenvalue weighted by molar-refractivity contribution is -0.137. The summed E-state index contributed by atoms with van der Waals surface area (Å²) in [4.78, 5) is 25.0. The molecular weight excluding hydrogens is 518 g/mol. The molecule has 0 bridgehead atoms. The Bertz CT molecular complexity index is 1630. The lowest BCUT2D eigenvalue weighted by Crippen LogP contribution is -2.59. The van der Waals surface area contributed by atoms with Gasteiger partial charge in [0.25, 0.3) is 0 Å². The van der Waals surface area contributed by atoms with E-state index in [4.69, 9.17) is 9.72 Å². The monoisotopic (exact) mass is 548 g/mol. The molecule has 0 atom stereocenters. The standard InChI is InChI=1S/C29H30F2N6O3/c1-2-16-9-24(38)19(30)10-18(16)17-7-20(31)26-22(8-17)34-35-27(26)28-32-21-3-5-37(11-23(21)33-28)25(39)12-36-13-29(14-36)4-6-40-15-29/h7-10,38H,2-6,11-15H2,1H3,(H,32,33)(H,34,35). The summed E-state index contributed by atoms with van der Waals surface area (Å²) >= 11 is 0. The molecule has 2 aromatic carbocycles. The van der Waals surface area contributed by atoms with Crippen molar-refractivity contribution in [3.05, 3.63) is 52.9 Å². The number of aromatic nitrogens is 4. The minimum Gasteiger partial charge on any atom is -0.505 e. The average Bonchev–Trinajstić information content (AvgIpc) is 3.67. The van der Waals surface area contributed by atoms with E-state index >= 15 is 4.39 Å². The molecule has 4 aromatic rings. The Morgan fingerprint density at radius 3 is 2.83 bits per heavy atom. The number of phenols is 1. The highest BCUT2D eigenvalue weighted by Crippen LogP contribution is 2.38. The summed E-state index contributed by atoms with van der Waals surface area (Å²) in [6, 6.07) is 5.67. The van der Waals surface area contributed by atoms with Gasteiger partial charge in [-0.15, -0.1) is 0 Å². The first-order chi connectivity index (χ1) is 19.3. The smallest absolute Gasteiger partial charge is 0.237 e. The van der Waals surface area contributed by atoms with Crippen LogP contribution in [-0.4, -0.2) is 80.4 Å². The second-order valence-electron chi connectivity index (χ2n) is 11.3. The van der Waals surface area contributed by atoms with Gasteiger partial charge in [0.05, 0.1) is 42.0 Å². The minimum absolute atomic E-state index is 0.0940. The van der Waals surface area contributed by atoms with Crippen molar-refractivity contribution in [3.63, 3.8) is 0 Å². The molecule has 1 amide bonds. The number of nitrogens with zero attached hydrogens (tertiary/aromatic N) is 4. The lowest BCUT2D eigenvalue weighted by atomic mass is 9.79. The molecule has 0 aliphatic carbocycles. The summed E-state index contributed by atoms with van der Waals surface area (Å²) in [5.74, 6) is -1.17. The van der Waals surface area contributed by atoms with E-state index in [1.165, 1.54) is 18.2 Å². The normalized spacial score (nSPS) is 18.4. The largest absolute Gasteiger partial charge is 0.505 e. The van der Waals surface area contributed by atoms with E-state index in [1.54, 1.807) is 6.07 Å². The van der Waals surface area contributed by atoms with Gasteiger partial charge in [-0.1, -0.05) is 6.92 Å². The van der Waals surface area contributed by atoms with Crippen LogP contribution in [0.3, 0.4) is 0 Å². The van der Waals surface area contributed by atoms with Gasteiger partial charge >= 0.3 is 0 Å². The molecule has 3 N–H and O–H groups in total. The number of aromatic hydroxyl groups is 1. The molecule has 208 valence electrons. The number of aryl methyl sites for hydroxylation is 1. The van der Waals surface area contributed by atoms with Crippen LogP contribution in [0, 0.1) is 17.0 Å². The first-order valence-corrected chi connectivity index (χ1v) is 13.7. The van der Waals surface area contributed by atoms with E-state index in [-0.39, 0.29) is 16.7 Å². The first-order valence-electron chi connectivity index (χ1n) is 13.7. The Hall–Kier alpha value is -3.83. The van der Waals surface area contributed by atoms with Crippen molar-refractivity contribution < 1.29 is 23.4 Å². The molecular formula is C29H30F2N6O3. The highest BCUT2D eigenvalue weighted by molar-refractivity contribution is 5.94. The van der Waals surface area contributed by atoms with Crippen molar-refractivity contribution in [1.82, 2.24) is 30.0 Å². The van der Waals surface area contributed by atoms with Crippen LogP contribution >= 0.6 is 0 Å². The first kappa shape index (κ1) is 25.2. The molecule has 2 aromatic heterocycles. The van der Waals surface area contributed by atoms with Gasteiger partial charge in [0.15, 0.2) is 17.4 Å². The molecule has 40 heavy (non-hydrogen) atoms. The third-order valence-corrected chi connectivity index (χ3v) is 8.55. The van der Waals surface area contributed by atoms with E-state index in [1.807, 2.05) is 11.8 Å². The predicted molar refractivity (Wildman–Crippen MR) is 144 cm³/mol. The lowest BCUT2D eigenvalue weighted by Gasteiger charge is -2.47. The van der Waals surface area contributed by atoms with Gasteiger partial charge in [0.1, 0.15) is 11.5 Å². The van der Waals surface area contributed by atoms with Crippen LogP contribution in [0.5, 0.6) is 5.75 Å². The SMILES string of the molecule is CCc1cc(O)c(F)cc1-c1cc(F)c2c(-c3nc4c([nH]3)CN(C(=O)CN3CC5(CCOC5)C3)CC4)n[nH]c2c1. The van der Waals surface area contributed by atoms with Crippen LogP contribution < -0.4 is 0 Å². The number of aromatic amines is 2. The molecule has 1 spiro atoms. The number of benzene rings is 2. The van der Waals surface area contributed by atoms with Gasteiger partial charge in [-0.05, 0) is 53.8 Å². The number of hydrogen-bond donors (Lipinski definition) is 3. The Labute approximate surface area is 229 Å². The zero-order chi connectivity index (χ0) is 27.6. The summed E-state index contributed by atoms with van der Waals surface area (Å²) in [5.41, 5.74) is 4.43. The van der Waals surface area contributed by atoms with Gasteiger partial charge < -0.3 is 19.7 Å². The second-order valence-corrected chi connectivity index (χ2v) is 11.3. The van der Waals surface area contributed by atoms with Crippen LogP contribution in [0.1, 0.15) is 30.3 Å². The van der Waals surface area contributed by atoms with Crippen molar-refractivity contribution in [1.29, 1.82) is 0 Å². The fraction of sp³-hybridized carbons (Fsp3) is 0.414. The molecule has 2 fully saturated rings. The number of carbonyl (C=O) groups is 1. The predicted octanol–water partition coefficient (Wildman–Crippen LogP) is 3.77. The van der Waals surface area contributed by atoms with Crippen molar-refractivity contribution in [3.8, 4) is 28.4 Å². The van der Waals surface area contributed by atoms with E-state index in [2.05, 4.69) is 20.1 Å². The number of likely N-dealkylation sites (tertiary alicyclic amines) is 1. The number of fused-ring (bicyclic) bond motifs is 2. The van der Waals surface area contributed by atoms with Crippen molar-refractivity contribution in [2.75, 3.05) is 39.4 Å². The molecule has 11 heteroatoms. The fourth-order valence-electron chi connectivity index (χ4n) is 6.42. The number of nitrogens with one attached hydrogen (secondary N) is 2. The number of phenolic OH excluding ortho intramolecular Hbond substituents is 1. The van der Waals surface area contributed by atoms with Crippen molar-refractivity contribution >= 4 is 16.8 Å². The highest BCUT2D eigenvalue weighted by Gasteiger charge is 2.46. The van der Waals surface area contributed by atoms with E-state index in [9.17, 15) is 14.3 Å². The molecule has 5 heterocycles. The minimum atomic E-state index is -0.760. The van der Waals surface area contributed by atoms with Gasteiger partial charge in [-0.2, -0.15) is 5.10 Å². The molecule has 0 saturated carbocycles. The van der Waals surface area contributed by atoms with Gasteiger partial charge in [0, 0.05) is 38.1 Å². The number of rotatable bonds is 5. The summed E-state index contributed by atoms with van der Waals surface area (Å²) < 4.78 is 35.2. The van der Waals surface area contributed by atoms with Crippen LogP contribution in [0.25, 0.3) is 33.5 Å². The summed E-state index contributed by atoms with van der Waals surface area (Å²) in [7, 11) is 0. The maximum absolute atomic E-state index is 15.5. The number of amides is 1. The van der Waals surface area contributed by atoms with E-state index in [0.29, 0.717) is 66.2 Å². The molecule has 3 aliphatic heterocycles. The molecule has 7 rings (SSSR count). The van der Waals surface area contributed by atoms with Crippen LogP contribution in [-0.2, 0) is 28.9 Å². The van der Waals surface area contributed by atoms with Gasteiger partial charge in [-0.25, -0.2) is 13.8 Å². The van der Waals surface area contributed by atoms with E-state index < -0.39 is 17.4 Å². The van der Waals surface area contributed by atoms with Gasteiger partial charge in [0.2, 0.25) is 5.91 Å². The zero-order valence-electron chi connectivity index (χ0n) is 22.2. The number of imidazole rings is 1. The number of halogens is 2. The number of hydrogen-bond acceptors (Lipinski definition) is 6. The highest BCUT2D eigenvalue weighted by atomic mass is 19.1.